The first-order chi connectivity index (χ1) is 9.03. The van der Waals surface area contributed by atoms with Crippen LogP contribution in [0.15, 0.2) is 12.1 Å². The third kappa shape index (κ3) is 4.11. The van der Waals surface area contributed by atoms with Crippen molar-refractivity contribution in [3.63, 3.8) is 0 Å². The van der Waals surface area contributed by atoms with Gasteiger partial charge < -0.3 is 20.1 Å². The number of hydrogen-bond donors (Lipinski definition) is 2. The molecule has 0 aliphatic carbocycles. The normalized spacial score (nSPS) is 12.6. The smallest absolute Gasteiger partial charge is 0.161 e. The zero-order valence-corrected chi connectivity index (χ0v) is 12.8. The molecule has 0 aliphatic rings. The Kier molecular flexibility index (Phi) is 6.12. The Morgan fingerprint density at radius 2 is 1.68 bits per heavy atom. The maximum atomic E-state index is 5.38. The number of methoxy groups -OCH3 is 2. The van der Waals surface area contributed by atoms with Crippen molar-refractivity contribution in [2.24, 2.45) is 0 Å². The molecule has 1 aromatic rings. The minimum atomic E-state index is 0.252. The highest BCUT2D eigenvalue weighted by atomic mass is 16.5. The highest BCUT2D eigenvalue weighted by Crippen LogP contribution is 2.32. The molecule has 0 bridgehead atoms. The van der Waals surface area contributed by atoms with Crippen molar-refractivity contribution < 1.29 is 9.47 Å². The van der Waals surface area contributed by atoms with E-state index in [4.69, 9.17) is 9.47 Å². The molecule has 4 nitrogen and oxygen atoms in total. The third-order valence-electron chi connectivity index (χ3n) is 3.23. The van der Waals surface area contributed by atoms with Crippen molar-refractivity contribution in [3.8, 4) is 11.5 Å². The minimum absolute atomic E-state index is 0.252. The monoisotopic (exact) mass is 266 g/mol. The van der Waals surface area contributed by atoms with Crippen molar-refractivity contribution in [2.45, 2.75) is 32.9 Å². The van der Waals surface area contributed by atoms with Crippen LogP contribution in [0.3, 0.4) is 0 Å². The van der Waals surface area contributed by atoms with Gasteiger partial charge in [0.1, 0.15) is 0 Å². The van der Waals surface area contributed by atoms with E-state index in [1.807, 2.05) is 13.1 Å². The minimum Gasteiger partial charge on any atom is -0.493 e. The lowest BCUT2D eigenvalue weighted by atomic mass is 10.00. The fraction of sp³-hybridized carbons (Fsp3) is 0.600. The molecular weight excluding hydrogens is 240 g/mol. The Labute approximate surface area is 116 Å². The zero-order valence-electron chi connectivity index (χ0n) is 12.8. The summed E-state index contributed by atoms with van der Waals surface area (Å²) in [5, 5.41) is 6.80. The Morgan fingerprint density at radius 3 is 2.16 bits per heavy atom. The lowest BCUT2D eigenvalue weighted by Crippen LogP contribution is -2.33. The number of hydrogen-bond acceptors (Lipinski definition) is 4. The fourth-order valence-corrected chi connectivity index (χ4v) is 2.09. The molecule has 1 unspecified atom stereocenters. The maximum absolute atomic E-state index is 5.38. The molecule has 1 rings (SSSR count). The first-order valence-electron chi connectivity index (χ1n) is 6.66. The molecule has 1 aromatic carbocycles. The Morgan fingerprint density at radius 1 is 1.11 bits per heavy atom. The largest absolute Gasteiger partial charge is 0.493 e. The molecule has 1 atom stereocenters. The van der Waals surface area contributed by atoms with Crippen LogP contribution in [-0.4, -0.2) is 33.9 Å². The maximum Gasteiger partial charge on any atom is 0.161 e. The highest BCUT2D eigenvalue weighted by molar-refractivity contribution is 5.48. The van der Waals surface area contributed by atoms with E-state index in [0.717, 1.165) is 18.0 Å². The molecule has 0 aromatic heterocycles. The van der Waals surface area contributed by atoms with Crippen LogP contribution >= 0.6 is 0 Å². The zero-order chi connectivity index (χ0) is 14.4. The fourth-order valence-electron chi connectivity index (χ4n) is 2.09. The van der Waals surface area contributed by atoms with Crippen LogP contribution in [0, 0.1) is 6.92 Å². The van der Waals surface area contributed by atoms with Crippen LogP contribution < -0.4 is 20.1 Å². The van der Waals surface area contributed by atoms with Crippen LogP contribution in [0.1, 0.15) is 31.0 Å². The van der Waals surface area contributed by atoms with Crippen LogP contribution in [0.4, 0.5) is 0 Å². The molecule has 19 heavy (non-hydrogen) atoms. The van der Waals surface area contributed by atoms with Gasteiger partial charge in [-0.1, -0.05) is 13.8 Å². The summed E-state index contributed by atoms with van der Waals surface area (Å²) in [5.41, 5.74) is 2.43. The summed E-state index contributed by atoms with van der Waals surface area (Å²) < 4.78 is 10.7. The number of nitrogens with one attached hydrogen (secondary N) is 2. The van der Waals surface area contributed by atoms with Gasteiger partial charge in [-0.25, -0.2) is 0 Å². The molecule has 2 N–H and O–H groups in total. The summed E-state index contributed by atoms with van der Waals surface area (Å²) in [4.78, 5) is 0. The molecule has 0 spiro atoms. The van der Waals surface area contributed by atoms with Crippen molar-refractivity contribution >= 4 is 0 Å². The molecule has 0 saturated carbocycles. The van der Waals surface area contributed by atoms with Gasteiger partial charge in [-0.15, -0.1) is 0 Å². The first kappa shape index (κ1) is 15.8. The summed E-state index contributed by atoms with van der Waals surface area (Å²) in [6, 6.07) is 4.80. The van der Waals surface area contributed by atoms with E-state index in [0.29, 0.717) is 6.04 Å². The summed E-state index contributed by atoms with van der Waals surface area (Å²) in [7, 11) is 5.30. The van der Waals surface area contributed by atoms with Crippen LogP contribution in [0.25, 0.3) is 0 Å². The average molecular weight is 266 g/mol. The average Bonchev–Trinajstić information content (AvgIpc) is 2.40. The summed E-state index contributed by atoms with van der Waals surface area (Å²) in [6.07, 6.45) is 0. The van der Waals surface area contributed by atoms with Crippen molar-refractivity contribution in [2.75, 3.05) is 27.8 Å². The van der Waals surface area contributed by atoms with Gasteiger partial charge >= 0.3 is 0 Å². The van der Waals surface area contributed by atoms with Crippen molar-refractivity contribution in [3.05, 3.63) is 23.3 Å². The third-order valence-corrected chi connectivity index (χ3v) is 3.23. The molecule has 0 heterocycles. The van der Waals surface area contributed by atoms with Crippen LogP contribution in [0.2, 0.25) is 0 Å². The number of likely N-dealkylation sites (N-methyl/N-ethyl adjacent to an activating group) is 1. The topological polar surface area (TPSA) is 42.5 Å². The molecule has 0 amide bonds. The van der Waals surface area contributed by atoms with Gasteiger partial charge in [-0.2, -0.15) is 0 Å². The van der Waals surface area contributed by atoms with Gasteiger partial charge in [-0.3, -0.25) is 0 Å². The molecule has 108 valence electrons. The lowest BCUT2D eigenvalue weighted by Gasteiger charge is -2.22. The summed E-state index contributed by atoms with van der Waals surface area (Å²) in [6.45, 7) is 7.27. The van der Waals surface area contributed by atoms with E-state index in [-0.39, 0.29) is 6.04 Å². The molecule has 0 aliphatic heterocycles. The van der Waals surface area contributed by atoms with Crippen molar-refractivity contribution in [1.82, 2.24) is 10.6 Å². The summed E-state index contributed by atoms with van der Waals surface area (Å²) in [5.74, 6) is 1.54. The van der Waals surface area contributed by atoms with E-state index in [1.54, 1.807) is 14.2 Å². The lowest BCUT2D eigenvalue weighted by molar-refractivity contribution is 0.353. The van der Waals surface area contributed by atoms with E-state index < -0.39 is 0 Å². The van der Waals surface area contributed by atoms with Gasteiger partial charge in [0.2, 0.25) is 0 Å². The van der Waals surface area contributed by atoms with Gasteiger partial charge in [0.25, 0.3) is 0 Å². The highest BCUT2D eigenvalue weighted by Gasteiger charge is 2.16. The van der Waals surface area contributed by atoms with Gasteiger partial charge in [0.15, 0.2) is 11.5 Å². The predicted octanol–water partition coefficient (Wildman–Crippen LogP) is 2.27. The molecule has 0 radical (unpaired) electrons. The number of rotatable bonds is 7. The number of ether oxygens (including phenoxy) is 2. The molecule has 0 fully saturated rings. The van der Waals surface area contributed by atoms with E-state index >= 15 is 0 Å². The van der Waals surface area contributed by atoms with Crippen molar-refractivity contribution in [1.29, 1.82) is 0 Å². The predicted molar refractivity (Wildman–Crippen MR) is 79.2 cm³/mol. The van der Waals surface area contributed by atoms with E-state index in [9.17, 15) is 0 Å². The SMILES string of the molecule is CNC(CNC(C)C)c1cc(OC)c(OC)cc1C. The first-order valence-corrected chi connectivity index (χ1v) is 6.66. The van der Waals surface area contributed by atoms with Gasteiger partial charge in [0, 0.05) is 18.6 Å². The van der Waals surface area contributed by atoms with Gasteiger partial charge in [0.05, 0.1) is 14.2 Å². The Balaban J connectivity index is 3.02. The number of benzene rings is 1. The molecule has 0 saturated heterocycles. The molecular formula is C15H26N2O2. The Hall–Kier alpha value is -1.26. The second-order valence-corrected chi connectivity index (χ2v) is 4.97. The molecule has 4 heteroatoms. The quantitative estimate of drug-likeness (QED) is 0.794. The standard InChI is InChI=1S/C15H26N2O2/c1-10(2)17-9-13(16-4)12-8-15(19-6)14(18-5)7-11(12)3/h7-8,10,13,16-17H,9H2,1-6H3. The van der Waals surface area contributed by atoms with Gasteiger partial charge in [-0.05, 0) is 37.2 Å². The van der Waals surface area contributed by atoms with Crippen LogP contribution in [0.5, 0.6) is 11.5 Å². The number of aryl methyl sites for hydroxylation is 1. The van der Waals surface area contributed by atoms with Crippen LogP contribution in [-0.2, 0) is 0 Å². The van der Waals surface area contributed by atoms with E-state index in [2.05, 4.69) is 37.5 Å². The second-order valence-electron chi connectivity index (χ2n) is 4.97. The Bertz CT molecular complexity index is 405. The van der Waals surface area contributed by atoms with E-state index in [1.165, 1.54) is 11.1 Å². The summed E-state index contributed by atoms with van der Waals surface area (Å²) >= 11 is 0. The second kappa shape index (κ2) is 7.36.